The van der Waals surface area contributed by atoms with Gasteiger partial charge in [0.2, 0.25) is 15.9 Å². The molecule has 5 N–H and O–H groups in total. The summed E-state index contributed by atoms with van der Waals surface area (Å²) < 4.78 is 27.3. The normalized spacial score (nSPS) is 12.3. The molecule has 9 nitrogen and oxygen atoms in total. The van der Waals surface area contributed by atoms with Gasteiger partial charge in [-0.1, -0.05) is 30.3 Å². The number of carboxylic acid groups (broad SMARTS) is 1. The summed E-state index contributed by atoms with van der Waals surface area (Å²) in [4.78, 5) is 23.4. The summed E-state index contributed by atoms with van der Waals surface area (Å²) in [5.41, 5.74) is 1.17. The highest BCUT2D eigenvalue weighted by Gasteiger charge is 2.20. The van der Waals surface area contributed by atoms with E-state index in [1.54, 1.807) is 0 Å². The van der Waals surface area contributed by atoms with Crippen molar-refractivity contribution in [2.45, 2.75) is 30.3 Å². The van der Waals surface area contributed by atoms with Gasteiger partial charge in [0, 0.05) is 18.8 Å². The zero-order valence-corrected chi connectivity index (χ0v) is 17.1. The Morgan fingerprint density at radius 2 is 1.67 bits per heavy atom. The van der Waals surface area contributed by atoms with Gasteiger partial charge in [-0.05, 0) is 42.8 Å². The molecule has 10 heteroatoms. The summed E-state index contributed by atoms with van der Waals surface area (Å²) in [6.07, 6.45) is 0.0685. The van der Waals surface area contributed by atoms with Gasteiger partial charge in [0.15, 0.2) is 0 Å². The molecule has 0 saturated heterocycles. The van der Waals surface area contributed by atoms with Crippen molar-refractivity contribution in [3.05, 3.63) is 60.2 Å². The van der Waals surface area contributed by atoms with E-state index in [1.807, 2.05) is 30.3 Å². The quantitative estimate of drug-likeness (QED) is 0.312. The molecule has 2 aromatic carbocycles. The first-order valence-electron chi connectivity index (χ1n) is 9.32. The Morgan fingerprint density at radius 1 is 1.00 bits per heavy atom. The fraction of sp³-hybridized carbons (Fsp3) is 0.300. The SMILES string of the molecule is O=C(CC(NCCCO)C(=O)O)Nc1ccc(S(=O)(=O)NCc2ccccc2)cc1. The van der Waals surface area contributed by atoms with Crippen LogP contribution in [0.4, 0.5) is 5.69 Å². The zero-order chi connectivity index (χ0) is 22.0. The summed E-state index contributed by atoms with van der Waals surface area (Å²) >= 11 is 0. The molecular weight excluding hydrogens is 410 g/mol. The molecular formula is C20H25N3O6S. The number of aliphatic carboxylic acids is 1. The number of anilines is 1. The fourth-order valence-corrected chi connectivity index (χ4v) is 3.59. The van der Waals surface area contributed by atoms with Gasteiger partial charge >= 0.3 is 5.97 Å². The average Bonchev–Trinajstić information content (AvgIpc) is 2.73. The third-order valence-corrected chi connectivity index (χ3v) is 5.59. The summed E-state index contributed by atoms with van der Waals surface area (Å²) in [6, 6.07) is 13.6. The molecule has 1 atom stereocenters. The molecule has 0 aliphatic rings. The lowest BCUT2D eigenvalue weighted by Crippen LogP contribution is -2.40. The second-order valence-electron chi connectivity index (χ2n) is 6.51. The maximum Gasteiger partial charge on any atom is 0.321 e. The summed E-state index contributed by atoms with van der Waals surface area (Å²) in [6.45, 7) is 0.339. The molecule has 0 fully saturated rings. The van der Waals surface area contributed by atoms with Gasteiger partial charge in [-0.25, -0.2) is 13.1 Å². The van der Waals surface area contributed by atoms with Crippen molar-refractivity contribution >= 4 is 27.6 Å². The van der Waals surface area contributed by atoms with Gasteiger partial charge < -0.3 is 20.8 Å². The van der Waals surface area contributed by atoms with Crippen LogP contribution in [0.2, 0.25) is 0 Å². The van der Waals surface area contributed by atoms with Crippen LogP contribution >= 0.6 is 0 Å². The monoisotopic (exact) mass is 435 g/mol. The molecule has 0 aliphatic heterocycles. The fourth-order valence-electron chi connectivity index (χ4n) is 2.57. The number of nitrogens with one attached hydrogen (secondary N) is 3. The summed E-state index contributed by atoms with van der Waals surface area (Å²) in [5, 5.41) is 23.2. The molecule has 162 valence electrons. The smallest absolute Gasteiger partial charge is 0.321 e. The van der Waals surface area contributed by atoms with Crippen LogP contribution < -0.4 is 15.4 Å². The van der Waals surface area contributed by atoms with Crippen LogP contribution in [0, 0.1) is 0 Å². The lowest BCUT2D eigenvalue weighted by atomic mass is 10.2. The lowest BCUT2D eigenvalue weighted by molar-refractivity contribution is -0.141. The highest BCUT2D eigenvalue weighted by molar-refractivity contribution is 7.89. The molecule has 0 aliphatic carbocycles. The van der Waals surface area contributed by atoms with Crippen molar-refractivity contribution in [3.63, 3.8) is 0 Å². The lowest BCUT2D eigenvalue weighted by Gasteiger charge is -2.14. The third-order valence-electron chi connectivity index (χ3n) is 4.17. The number of hydrogen-bond donors (Lipinski definition) is 5. The van der Waals surface area contributed by atoms with E-state index < -0.39 is 27.9 Å². The molecule has 1 amide bonds. The summed E-state index contributed by atoms with van der Waals surface area (Å²) in [5.74, 6) is -1.70. The van der Waals surface area contributed by atoms with E-state index >= 15 is 0 Å². The number of aliphatic hydroxyl groups is 1. The number of carbonyl (C=O) groups excluding carboxylic acids is 1. The Hall–Kier alpha value is -2.79. The van der Waals surface area contributed by atoms with Gasteiger partial charge in [-0.2, -0.15) is 0 Å². The second-order valence-corrected chi connectivity index (χ2v) is 8.28. The van der Waals surface area contributed by atoms with E-state index in [4.69, 9.17) is 10.2 Å². The molecule has 2 rings (SSSR count). The van der Waals surface area contributed by atoms with Gasteiger partial charge in [-0.15, -0.1) is 0 Å². The number of hydrogen-bond acceptors (Lipinski definition) is 6. The molecule has 30 heavy (non-hydrogen) atoms. The molecule has 0 aromatic heterocycles. The number of rotatable bonds is 12. The Morgan fingerprint density at radius 3 is 2.27 bits per heavy atom. The van der Waals surface area contributed by atoms with Gasteiger partial charge in [-0.3, -0.25) is 9.59 Å². The van der Waals surface area contributed by atoms with Crippen molar-refractivity contribution in [2.24, 2.45) is 0 Å². The third kappa shape index (κ3) is 7.56. The molecule has 0 saturated carbocycles. The number of carboxylic acids is 1. The highest BCUT2D eigenvalue weighted by Crippen LogP contribution is 2.15. The molecule has 0 spiro atoms. The van der Waals surface area contributed by atoms with E-state index in [1.165, 1.54) is 24.3 Å². The van der Waals surface area contributed by atoms with Crippen LogP contribution in [-0.2, 0) is 26.2 Å². The Bertz CT molecular complexity index is 933. The number of benzene rings is 2. The number of carbonyl (C=O) groups is 2. The number of amides is 1. The largest absolute Gasteiger partial charge is 0.480 e. The first kappa shape index (κ1) is 23.5. The topological polar surface area (TPSA) is 145 Å². The van der Waals surface area contributed by atoms with Crippen molar-refractivity contribution in [1.82, 2.24) is 10.0 Å². The number of sulfonamides is 1. The van der Waals surface area contributed by atoms with Gasteiger partial charge in [0.25, 0.3) is 0 Å². The second kappa shape index (κ2) is 11.4. The maximum absolute atomic E-state index is 12.4. The molecule has 0 heterocycles. The van der Waals surface area contributed by atoms with Crippen LogP contribution in [0.5, 0.6) is 0 Å². The number of aliphatic hydroxyl groups excluding tert-OH is 1. The van der Waals surface area contributed by atoms with Crippen LogP contribution in [0.1, 0.15) is 18.4 Å². The molecule has 0 radical (unpaired) electrons. The van der Waals surface area contributed by atoms with E-state index in [0.29, 0.717) is 12.1 Å². The van der Waals surface area contributed by atoms with E-state index in [0.717, 1.165) is 5.56 Å². The van der Waals surface area contributed by atoms with E-state index in [2.05, 4.69) is 15.4 Å². The average molecular weight is 436 g/mol. The van der Waals surface area contributed by atoms with Crippen LogP contribution in [0.3, 0.4) is 0 Å². The van der Waals surface area contributed by atoms with Crippen molar-refractivity contribution in [1.29, 1.82) is 0 Å². The standard InChI is InChI=1S/C20H25N3O6S/c24-12-4-11-21-18(20(26)27)13-19(25)23-16-7-9-17(10-8-16)30(28,29)22-14-15-5-2-1-3-6-15/h1-3,5-10,18,21-22,24H,4,11-14H2,(H,23,25)(H,26,27). The predicted molar refractivity (Wildman–Crippen MR) is 111 cm³/mol. The minimum absolute atomic E-state index is 0.0468. The minimum atomic E-state index is -3.72. The van der Waals surface area contributed by atoms with Crippen molar-refractivity contribution < 1.29 is 28.2 Å². The minimum Gasteiger partial charge on any atom is -0.480 e. The Balaban J connectivity index is 1.92. The Kier molecular flexibility index (Phi) is 8.93. The Labute approximate surface area is 175 Å². The summed E-state index contributed by atoms with van der Waals surface area (Å²) in [7, 11) is -3.72. The highest BCUT2D eigenvalue weighted by atomic mass is 32.2. The van der Waals surface area contributed by atoms with E-state index in [-0.39, 0.29) is 31.0 Å². The molecule has 2 aromatic rings. The first-order valence-corrected chi connectivity index (χ1v) is 10.8. The van der Waals surface area contributed by atoms with Crippen molar-refractivity contribution in [3.8, 4) is 0 Å². The molecule has 1 unspecified atom stereocenters. The van der Waals surface area contributed by atoms with Crippen molar-refractivity contribution in [2.75, 3.05) is 18.5 Å². The zero-order valence-electron chi connectivity index (χ0n) is 16.2. The van der Waals surface area contributed by atoms with Gasteiger partial charge in [0.05, 0.1) is 11.3 Å². The van der Waals surface area contributed by atoms with E-state index in [9.17, 15) is 18.0 Å². The first-order chi connectivity index (χ1) is 14.3. The predicted octanol–water partition coefficient (Wildman–Crippen LogP) is 0.919. The van der Waals surface area contributed by atoms with Crippen LogP contribution in [0.25, 0.3) is 0 Å². The van der Waals surface area contributed by atoms with Gasteiger partial charge in [0.1, 0.15) is 6.04 Å². The molecule has 0 bridgehead atoms. The van der Waals surface area contributed by atoms with Crippen LogP contribution in [-0.4, -0.2) is 49.7 Å². The maximum atomic E-state index is 12.4. The van der Waals surface area contributed by atoms with Crippen LogP contribution in [0.15, 0.2) is 59.5 Å².